The van der Waals surface area contributed by atoms with Crippen molar-refractivity contribution in [2.24, 2.45) is 11.3 Å². The molecule has 2 rings (SSSR count). The summed E-state index contributed by atoms with van der Waals surface area (Å²) >= 11 is 0. The van der Waals surface area contributed by atoms with E-state index in [-0.39, 0.29) is 0 Å². The summed E-state index contributed by atoms with van der Waals surface area (Å²) in [7, 11) is 0. The van der Waals surface area contributed by atoms with Gasteiger partial charge in [-0.2, -0.15) is 0 Å². The van der Waals surface area contributed by atoms with Crippen LogP contribution in [0.5, 0.6) is 0 Å². The molecule has 2 fully saturated rings. The Morgan fingerprint density at radius 2 is 1.33 bits per heavy atom. The van der Waals surface area contributed by atoms with Gasteiger partial charge >= 0.3 is 0 Å². The summed E-state index contributed by atoms with van der Waals surface area (Å²) in [5.41, 5.74) is 0.742. The van der Waals surface area contributed by atoms with E-state index in [0.29, 0.717) is 23.0 Å². The smallest absolute Gasteiger partial charge is 0.0198 e. The molecular formula is C21H43N3. The van der Waals surface area contributed by atoms with E-state index < -0.39 is 0 Å². The molecular weight excluding hydrogens is 294 g/mol. The summed E-state index contributed by atoms with van der Waals surface area (Å²) in [6, 6.07) is 1.38. The number of piperidine rings is 1. The summed E-state index contributed by atoms with van der Waals surface area (Å²) < 4.78 is 0. The van der Waals surface area contributed by atoms with Crippen LogP contribution in [0.2, 0.25) is 0 Å². The fourth-order valence-electron chi connectivity index (χ4n) is 4.71. The first-order valence-electron chi connectivity index (χ1n) is 10.2. The maximum Gasteiger partial charge on any atom is 0.0198 e. The van der Waals surface area contributed by atoms with Crippen molar-refractivity contribution >= 4 is 0 Å². The van der Waals surface area contributed by atoms with Crippen molar-refractivity contribution in [3.8, 4) is 0 Å². The van der Waals surface area contributed by atoms with Crippen LogP contribution in [0.25, 0.3) is 0 Å². The maximum absolute atomic E-state index is 2.80. The van der Waals surface area contributed by atoms with E-state index >= 15 is 0 Å². The van der Waals surface area contributed by atoms with Crippen LogP contribution in [0.4, 0.5) is 0 Å². The third-order valence-electron chi connectivity index (χ3n) is 5.91. The number of likely N-dealkylation sites (tertiary alicyclic amines) is 1. The van der Waals surface area contributed by atoms with E-state index in [4.69, 9.17) is 0 Å². The third-order valence-corrected chi connectivity index (χ3v) is 5.91. The van der Waals surface area contributed by atoms with Crippen LogP contribution < -0.4 is 0 Å². The molecule has 2 heterocycles. The van der Waals surface area contributed by atoms with Crippen molar-refractivity contribution in [1.29, 1.82) is 0 Å². The van der Waals surface area contributed by atoms with E-state index in [0.717, 1.165) is 5.92 Å². The molecule has 24 heavy (non-hydrogen) atoms. The minimum absolute atomic E-state index is 0.337. The molecule has 0 aliphatic carbocycles. The molecule has 3 heteroatoms. The standard InChI is InChI=1S/C21H43N3/c1-17-13-22(16-20(3,4)5)14-18(2)24(17)15-19-9-11-23(12-10-19)21(6,7)8/h17-19H,9-16H2,1-8H3/t17-,18+. The minimum Gasteiger partial charge on any atom is -0.300 e. The summed E-state index contributed by atoms with van der Waals surface area (Å²) in [4.78, 5) is 8.16. The van der Waals surface area contributed by atoms with Crippen LogP contribution in [0.3, 0.4) is 0 Å². The van der Waals surface area contributed by atoms with Gasteiger partial charge in [0.25, 0.3) is 0 Å². The average Bonchev–Trinajstić information content (AvgIpc) is 2.40. The zero-order chi connectivity index (χ0) is 18.1. The molecule has 3 nitrogen and oxygen atoms in total. The van der Waals surface area contributed by atoms with Crippen molar-refractivity contribution in [2.45, 2.75) is 85.9 Å². The number of nitrogens with zero attached hydrogens (tertiary/aromatic N) is 3. The second kappa shape index (κ2) is 7.63. The van der Waals surface area contributed by atoms with E-state index in [1.54, 1.807) is 0 Å². The zero-order valence-corrected chi connectivity index (χ0v) is 17.7. The highest BCUT2D eigenvalue weighted by Gasteiger charge is 2.34. The van der Waals surface area contributed by atoms with Crippen LogP contribution in [0.1, 0.15) is 68.2 Å². The monoisotopic (exact) mass is 337 g/mol. The Morgan fingerprint density at radius 1 is 0.833 bits per heavy atom. The van der Waals surface area contributed by atoms with Gasteiger partial charge in [0.2, 0.25) is 0 Å². The molecule has 0 N–H and O–H groups in total. The highest BCUT2D eigenvalue weighted by molar-refractivity contribution is 4.89. The quantitative estimate of drug-likeness (QED) is 0.772. The number of hydrogen-bond donors (Lipinski definition) is 0. The maximum atomic E-state index is 2.80. The van der Waals surface area contributed by atoms with Gasteiger partial charge in [0.05, 0.1) is 0 Å². The molecule has 2 saturated heterocycles. The first-order chi connectivity index (χ1) is 11.0. The first-order valence-corrected chi connectivity index (χ1v) is 10.2. The predicted octanol–water partition coefficient (Wildman–Crippen LogP) is 3.94. The largest absolute Gasteiger partial charge is 0.300 e. The molecule has 2 aliphatic heterocycles. The van der Waals surface area contributed by atoms with Gasteiger partial charge in [-0.25, -0.2) is 0 Å². The number of hydrogen-bond acceptors (Lipinski definition) is 3. The average molecular weight is 338 g/mol. The highest BCUT2D eigenvalue weighted by atomic mass is 15.3. The van der Waals surface area contributed by atoms with Crippen LogP contribution in [0, 0.1) is 11.3 Å². The highest BCUT2D eigenvalue weighted by Crippen LogP contribution is 2.27. The van der Waals surface area contributed by atoms with Gasteiger partial charge in [-0.15, -0.1) is 0 Å². The molecule has 0 aromatic carbocycles. The lowest BCUT2D eigenvalue weighted by molar-refractivity contribution is 0.00124. The van der Waals surface area contributed by atoms with Crippen molar-refractivity contribution in [3.05, 3.63) is 0 Å². The topological polar surface area (TPSA) is 9.72 Å². The van der Waals surface area contributed by atoms with Gasteiger partial charge in [-0.1, -0.05) is 20.8 Å². The SMILES string of the molecule is C[C@@H]1CN(CC(C)(C)C)C[C@H](C)N1CC1CCN(C(C)(C)C)CC1. The van der Waals surface area contributed by atoms with E-state index in [9.17, 15) is 0 Å². The minimum atomic E-state index is 0.337. The molecule has 0 aromatic heterocycles. The van der Waals surface area contributed by atoms with Crippen molar-refractivity contribution < 1.29 is 0 Å². The van der Waals surface area contributed by atoms with Gasteiger partial charge in [0.1, 0.15) is 0 Å². The molecule has 0 saturated carbocycles. The Morgan fingerprint density at radius 3 is 1.75 bits per heavy atom. The Balaban J connectivity index is 1.84. The van der Waals surface area contributed by atoms with Crippen LogP contribution in [0.15, 0.2) is 0 Å². The molecule has 0 bridgehead atoms. The Hall–Kier alpha value is -0.120. The van der Waals surface area contributed by atoms with Crippen LogP contribution in [-0.2, 0) is 0 Å². The lowest BCUT2D eigenvalue weighted by Crippen LogP contribution is -2.59. The predicted molar refractivity (Wildman–Crippen MR) is 106 cm³/mol. The van der Waals surface area contributed by atoms with Gasteiger partial charge in [-0.3, -0.25) is 14.7 Å². The summed E-state index contributed by atoms with van der Waals surface area (Å²) in [6.45, 7) is 26.6. The molecule has 2 aliphatic rings. The van der Waals surface area contributed by atoms with Crippen LogP contribution >= 0.6 is 0 Å². The van der Waals surface area contributed by atoms with E-state index in [1.165, 1.54) is 52.1 Å². The third kappa shape index (κ3) is 5.71. The fourth-order valence-corrected chi connectivity index (χ4v) is 4.71. The summed E-state index contributed by atoms with van der Waals surface area (Å²) in [5.74, 6) is 0.891. The summed E-state index contributed by atoms with van der Waals surface area (Å²) in [6.07, 6.45) is 2.75. The van der Waals surface area contributed by atoms with Gasteiger partial charge in [-0.05, 0) is 71.9 Å². The van der Waals surface area contributed by atoms with Crippen molar-refractivity contribution in [2.75, 3.05) is 39.3 Å². The molecule has 142 valence electrons. The zero-order valence-electron chi connectivity index (χ0n) is 17.7. The van der Waals surface area contributed by atoms with Crippen molar-refractivity contribution in [1.82, 2.24) is 14.7 Å². The molecule has 2 atom stereocenters. The molecule has 0 unspecified atom stereocenters. The van der Waals surface area contributed by atoms with E-state index in [2.05, 4.69) is 70.1 Å². The lowest BCUT2D eigenvalue weighted by atomic mass is 9.91. The van der Waals surface area contributed by atoms with E-state index in [1.807, 2.05) is 0 Å². The summed E-state index contributed by atoms with van der Waals surface area (Å²) in [5, 5.41) is 0. The second-order valence-corrected chi connectivity index (χ2v) is 10.8. The first kappa shape index (κ1) is 20.2. The molecule has 0 aromatic rings. The lowest BCUT2D eigenvalue weighted by Gasteiger charge is -2.48. The second-order valence-electron chi connectivity index (χ2n) is 10.8. The van der Waals surface area contributed by atoms with Crippen LogP contribution in [-0.4, -0.2) is 71.6 Å². The van der Waals surface area contributed by atoms with Gasteiger partial charge in [0.15, 0.2) is 0 Å². The van der Waals surface area contributed by atoms with Crippen molar-refractivity contribution in [3.63, 3.8) is 0 Å². The number of rotatable bonds is 3. The molecule has 0 spiro atoms. The fraction of sp³-hybridized carbons (Fsp3) is 1.00. The Kier molecular flexibility index (Phi) is 6.42. The molecule has 0 radical (unpaired) electrons. The van der Waals surface area contributed by atoms with Gasteiger partial charge in [0, 0.05) is 43.8 Å². The van der Waals surface area contributed by atoms with Gasteiger partial charge < -0.3 is 0 Å². The Bertz CT molecular complexity index is 373. The normalized spacial score (nSPS) is 30.0. The Labute approximate surface area is 151 Å². The number of piperazine rings is 1. The molecule has 0 amide bonds.